The Morgan fingerprint density at radius 3 is 2.39 bits per heavy atom. The first-order chi connectivity index (χ1) is 8.77. The maximum atomic E-state index is 3.65. The van der Waals surface area contributed by atoms with Crippen molar-refractivity contribution in [3.8, 4) is 0 Å². The predicted octanol–water partition coefficient (Wildman–Crippen LogP) is 4.13. The molecule has 2 heteroatoms. The van der Waals surface area contributed by atoms with E-state index in [1.54, 1.807) is 0 Å². The van der Waals surface area contributed by atoms with Gasteiger partial charge in [-0.05, 0) is 30.9 Å². The highest BCUT2D eigenvalue weighted by molar-refractivity contribution is 5.69. The number of hydrogen-bond donors (Lipinski definition) is 1. The van der Waals surface area contributed by atoms with E-state index < -0.39 is 0 Å². The molecule has 0 aromatic heterocycles. The van der Waals surface area contributed by atoms with Crippen molar-refractivity contribution in [2.24, 2.45) is 5.92 Å². The largest absolute Gasteiger partial charge is 0.383 e. The molecule has 1 aromatic rings. The molecule has 0 bridgehead atoms. The summed E-state index contributed by atoms with van der Waals surface area (Å²) in [7, 11) is 4.21. The number of nitrogens with one attached hydrogen (secondary N) is 1. The smallest absolute Gasteiger partial charge is 0.0596 e. The van der Waals surface area contributed by atoms with Crippen LogP contribution >= 0.6 is 0 Å². The van der Waals surface area contributed by atoms with E-state index in [0.717, 1.165) is 12.5 Å². The van der Waals surface area contributed by atoms with Crippen LogP contribution in [0.15, 0.2) is 24.3 Å². The van der Waals surface area contributed by atoms with Crippen molar-refractivity contribution in [3.63, 3.8) is 0 Å². The molecule has 0 amide bonds. The summed E-state index contributed by atoms with van der Waals surface area (Å²) >= 11 is 0. The highest BCUT2D eigenvalue weighted by atomic mass is 15.1. The first-order valence-electron chi connectivity index (χ1n) is 7.27. The van der Waals surface area contributed by atoms with E-state index in [1.165, 1.54) is 49.9 Å². The Labute approximate surface area is 111 Å². The number of benzene rings is 1. The van der Waals surface area contributed by atoms with Crippen LogP contribution in [-0.2, 0) is 0 Å². The zero-order valence-electron chi connectivity index (χ0n) is 11.8. The molecule has 0 unspecified atom stereocenters. The van der Waals surface area contributed by atoms with Gasteiger partial charge in [0.15, 0.2) is 0 Å². The molecular formula is C16H26N2. The number of hydrogen-bond acceptors (Lipinski definition) is 2. The van der Waals surface area contributed by atoms with Gasteiger partial charge in [-0.1, -0.05) is 37.8 Å². The van der Waals surface area contributed by atoms with E-state index in [1.807, 2.05) is 0 Å². The summed E-state index contributed by atoms with van der Waals surface area (Å²) in [6.45, 7) is 1.13. The van der Waals surface area contributed by atoms with Gasteiger partial charge in [-0.2, -0.15) is 0 Å². The van der Waals surface area contributed by atoms with Gasteiger partial charge in [0.1, 0.15) is 0 Å². The number of anilines is 2. The van der Waals surface area contributed by atoms with Gasteiger partial charge < -0.3 is 10.2 Å². The van der Waals surface area contributed by atoms with Crippen LogP contribution in [0, 0.1) is 5.92 Å². The van der Waals surface area contributed by atoms with Crippen molar-refractivity contribution in [2.45, 2.75) is 38.5 Å². The summed E-state index contributed by atoms with van der Waals surface area (Å²) in [6.07, 6.45) is 8.51. The van der Waals surface area contributed by atoms with Gasteiger partial charge in [0.05, 0.1) is 11.4 Å². The third-order valence-electron chi connectivity index (χ3n) is 3.94. The monoisotopic (exact) mass is 246 g/mol. The number of rotatable bonds is 4. The lowest BCUT2D eigenvalue weighted by atomic mass is 10.0. The van der Waals surface area contributed by atoms with Gasteiger partial charge in [0.2, 0.25) is 0 Å². The van der Waals surface area contributed by atoms with E-state index in [2.05, 4.69) is 48.6 Å². The van der Waals surface area contributed by atoms with Crippen molar-refractivity contribution in [1.82, 2.24) is 0 Å². The first kappa shape index (κ1) is 13.3. The molecule has 1 saturated carbocycles. The summed E-state index contributed by atoms with van der Waals surface area (Å²) in [5, 5.41) is 3.65. The lowest BCUT2D eigenvalue weighted by Crippen LogP contribution is -2.17. The van der Waals surface area contributed by atoms with Crippen LogP contribution in [0.3, 0.4) is 0 Å². The molecular weight excluding hydrogens is 220 g/mol. The fraction of sp³-hybridized carbons (Fsp3) is 0.625. The molecule has 100 valence electrons. The van der Waals surface area contributed by atoms with E-state index in [0.29, 0.717) is 0 Å². The average Bonchev–Trinajstić information content (AvgIpc) is 2.65. The van der Waals surface area contributed by atoms with Crippen LogP contribution in [0.25, 0.3) is 0 Å². The third kappa shape index (κ3) is 3.66. The van der Waals surface area contributed by atoms with E-state index in [9.17, 15) is 0 Å². The Hall–Kier alpha value is -1.18. The Balaban J connectivity index is 1.92. The minimum atomic E-state index is 0.864. The molecule has 2 rings (SSSR count). The Morgan fingerprint density at radius 2 is 1.72 bits per heavy atom. The second kappa shape index (κ2) is 6.67. The molecule has 2 nitrogen and oxygen atoms in total. The second-order valence-electron chi connectivity index (χ2n) is 5.65. The molecule has 0 spiro atoms. The molecule has 0 radical (unpaired) electrons. The molecule has 0 aliphatic heterocycles. The standard InChI is InChI=1S/C16H26N2/c1-18(2)16-12-8-7-11-15(16)17-13-14-9-5-3-4-6-10-14/h7-8,11-12,14,17H,3-6,9-10,13H2,1-2H3. The SMILES string of the molecule is CN(C)c1ccccc1NCC1CCCCCC1. The highest BCUT2D eigenvalue weighted by Crippen LogP contribution is 2.26. The maximum absolute atomic E-state index is 3.65. The maximum Gasteiger partial charge on any atom is 0.0596 e. The Morgan fingerprint density at radius 1 is 1.06 bits per heavy atom. The van der Waals surface area contributed by atoms with Gasteiger partial charge in [-0.25, -0.2) is 0 Å². The number of nitrogens with zero attached hydrogens (tertiary/aromatic N) is 1. The van der Waals surface area contributed by atoms with Gasteiger partial charge in [-0.15, -0.1) is 0 Å². The van der Waals surface area contributed by atoms with Crippen LogP contribution in [0.4, 0.5) is 11.4 Å². The van der Waals surface area contributed by atoms with Gasteiger partial charge in [0.25, 0.3) is 0 Å². The molecule has 0 saturated heterocycles. The fourth-order valence-electron chi connectivity index (χ4n) is 2.84. The zero-order valence-corrected chi connectivity index (χ0v) is 11.8. The molecule has 1 aromatic carbocycles. The van der Waals surface area contributed by atoms with Crippen molar-refractivity contribution in [2.75, 3.05) is 30.9 Å². The zero-order chi connectivity index (χ0) is 12.8. The quantitative estimate of drug-likeness (QED) is 0.803. The minimum Gasteiger partial charge on any atom is -0.383 e. The summed E-state index contributed by atoms with van der Waals surface area (Å²) in [5.74, 6) is 0.864. The van der Waals surface area contributed by atoms with E-state index in [4.69, 9.17) is 0 Å². The molecule has 1 aliphatic carbocycles. The molecule has 1 N–H and O–H groups in total. The van der Waals surface area contributed by atoms with E-state index >= 15 is 0 Å². The van der Waals surface area contributed by atoms with Crippen LogP contribution in [0.1, 0.15) is 38.5 Å². The van der Waals surface area contributed by atoms with Crippen LogP contribution in [0.5, 0.6) is 0 Å². The molecule has 1 aliphatic rings. The normalized spacial score (nSPS) is 17.2. The van der Waals surface area contributed by atoms with Gasteiger partial charge >= 0.3 is 0 Å². The molecule has 0 heterocycles. The molecule has 1 fully saturated rings. The second-order valence-corrected chi connectivity index (χ2v) is 5.65. The van der Waals surface area contributed by atoms with Crippen molar-refractivity contribution in [1.29, 1.82) is 0 Å². The first-order valence-corrected chi connectivity index (χ1v) is 7.27. The number of para-hydroxylation sites is 2. The Kier molecular flexibility index (Phi) is 4.91. The van der Waals surface area contributed by atoms with Crippen LogP contribution in [0.2, 0.25) is 0 Å². The van der Waals surface area contributed by atoms with E-state index in [-0.39, 0.29) is 0 Å². The summed E-state index contributed by atoms with van der Waals surface area (Å²) in [4.78, 5) is 2.18. The highest BCUT2D eigenvalue weighted by Gasteiger charge is 2.12. The van der Waals surface area contributed by atoms with Crippen molar-refractivity contribution < 1.29 is 0 Å². The molecule has 18 heavy (non-hydrogen) atoms. The van der Waals surface area contributed by atoms with Crippen LogP contribution < -0.4 is 10.2 Å². The predicted molar refractivity (Wildman–Crippen MR) is 80.5 cm³/mol. The van der Waals surface area contributed by atoms with Crippen molar-refractivity contribution in [3.05, 3.63) is 24.3 Å². The Bertz CT molecular complexity index is 352. The summed E-state index contributed by atoms with van der Waals surface area (Å²) in [6, 6.07) is 8.58. The molecule has 0 atom stereocenters. The van der Waals surface area contributed by atoms with Crippen LogP contribution in [-0.4, -0.2) is 20.6 Å². The van der Waals surface area contributed by atoms with Gasteiger partial charge in [-0.3, -0.25) is 0 Å². The fourth-order valence-corrected chi connectivity index (χ4v) is 2.84. The van der Waals surface area contributed by atoms with Gasteiger partial charge in [0, 0.05) is 20.6 Å². The minimum absolute atomic E-state index is 0.864. The third-order valence-corrected chi connectivity index (χ3v) is 3.94. The lowest BCUT2D eigenvalue weighted by Gasteiger charge is -2.21. The summed E-state index contributed by atoms with van der Waals surface area (Å²) in [5.41, 5.74) is 2.55. The summed E-state index contributed by atoms with van der Waals surface area (Å²) < 4.78 is 0. The van der Waals surface area contributed by atoms with Crippen molar-refractivity contribution >= 4 is 11.4 Å². The average molecular weight is 246 g/mol. The lowest BCUT2D eigenvalue weighted by molar-refractivity contribution is 0.483. The topological polar surface area (TPSA) is 15.3 Å².